The van der Waals surface area contributed by atoms with E-state index in [9.17, 15) is 4.79 Å². The molecule has 2 fully saturated rings. The van der Waals surface area contributed by atoms with Gasteiger partial charge in [0.15, 0.2) is 0 Å². The highest BCUT2D eigenvalue weighted by atomic mass is 32.1. The van der Waals surface area contributed by atoms with Crippen LogP contribution in [0.3, 0.4) is 0 Å². The van der Waals surface area contributed by atoms with Crippen molar-refractivity contribution in [3.05, 3.63) is 5.01 Å². The van der Waals surface area contributed by atoms with Gasteiger partial charge in [0.25, 0.3) is 0 Å². The quantitative estimate of drug-likeness (QED) is 0.609. The fourth-order valence-corrected chi connectivity index (χ4v) is 4.43. The smallest absolute Gasteiger partial charge is 0.224 e. The average Bonchev–Trinajstić information content (AvgIpc) is 2.96. The molecule has 0 aromatic carbocycles. The van der Waals surface area contributed by atoms with Crippen LogP contribution in [0.15, 0.2) is 0 Å². The number of nitrogens with two attached hydrogens (primary N) is 2. The van der Waals surface area contributed by atoms with Crippen molar-refractivity contribution in [1.29, 1.82) is 0 Å². The zero-order valence-electron chi connectivity index (χ0n) is 15.2. The number of nitrogens with zero attached hydrogens (tertiary/aromatic N) is 3. The van der Waals surface area contributed by atoms with Crippen molar-refractivity contribution in [2.75, 3.05) is 38.6 Å². The summed E-state index contributed by atoms with van der Waals surface area (Å²) in [5.74, 6) is 0.163. The number of hydrogen-bond donors (Lipinski definition) is 3. The molecule has 26 heavy (non-hydrogen) atoms. The Hall–Kier alpha value is -1.29. The van der Waals surface area contributed by atoms with Crippen molar-refractivity contribution in [3.8, 4) is 0 Å². The van der Waals surface area contributed by atoms with E-state index in [1.54, 1.807) is 0 Å². The highest BCUT2D eigenvalue weighted by molar-refractivity contribution is 7.15. The van der Waals surface area contributed by atoms with Gasteiger partial charge in [0, 0.05) is 51.4 Å². The minimum Gasteiger partial charge on any atom is -0.381 e. The molecule has 5 N–H and O–H groups in total. The first kappa shape index (κ1) is 19.5. The molecule has 0 aliphatic carbocycles. The Morgan fingerprint density at radius 3 is 2.77 bits per heavy atom. The van der Waals surface area contributed by atoms with Gasteiger partial charge in [-0.2, -0.15) is 0 Å². The molecule has 2 aliphatic rings. The molecule has 1 aromatic heterocycles. The van der Waals surface area contributed by atoms with Crippen molar-refractivity contribution < 1.29 is 9.53 Å². The van der Waals surface area contributed by atoms with Gasteiger partial charge in [-0.05, 0) is 32.1 Å². The minimum atomic E-state index is 0.0172. The fraction of sp³-hybridized carbons (Fsp3) is 0.824. The Morgan fingerprint density at radius 2 is 2.04 bits per heavy atom. The number of carbonyl (C=O) groups excluding carboxylic acids is 1. The van der Waals surface area contributed by atoms with Crippen molar-refractivity contribution in [3.63, 3.8) is 0 Å². The Labute approximate surface area is 158 Å². The molecule has 0 unspecified atom stereocenters. The first-order chi connectivity index (χ1) is 12.6. The third-order valence-electron chi connectivity index (χ3n) is 5.24. The summed E-state index contributed by atoms with van der Waals surface area (Å²) in [6.07, 6.45) is 5.47. The van der Waals surface area contributed by atoms with E-state index in [1.807, 2.05) is 0 Å². The number of aromatic nitrogens is 2. The van der Waals surface area contributed by atoms with Gasteiger partial charge in [-0.1, -0.05) is 11.3 Å². The topological polar surface area (TPSA) is 119 Å². The molecule has 0 spiro atoms. The molecule has 1 amide bonds. The van der Waals surface area contributed by atoms with Crippen LogP contribution in [0.4, 0.5) is 5.13 Å². The van der Waals surface area contributed by atoms with Gasteiger partial charge < -0.3 is 21.5 Å². The van der Waals surface area contributed by atoms with Crippen molar-refractivity contribution in [2.24, 2.45) is 11.7 Å². The number of anilines is 1. The molecule has 3 heterocycles. The van der Waals surface area contributed by atoms with Crippen molar-refractivity contribution >= 4 is 22.4 Å². The second-order valence-corrected chi connectivity index (χ2v) is 8.35. The monoisotopic (exact) mass is 382 g/mol. The lowest BCUT2D eigenvalue weighted by atomic mass is 10.0. The lowest BCUT2D eigenvalue weighted by molar-refractivity contribution is -0.125. The van der Waals surface area contributed by atoms with E-state index in [4.69, 9.17) is 16.2 Å². The summed E-state index contributed by atoms with van der Waals surface area (Å²) in [6.45, 7) is 3.95. The van der Waals surface area contributed by atoms with E-state index in [2.05, 4.69) is 20.4 Å². The fourth-order valence-electron chi connectivity index (χ4n) is 3.78. The van der Waals surface area contributed by atoms with Gasteiger partial charge in [-0.25, -0.2) is 0 Å². The Morgan fingerprint density at radius 1 is 1.23 bits per heavy atom. The molecule has 2 atom stereocenters. The summed E-state index contributed by atoms with van der Waals surface area (Å²) >= 11 is 1.41. The summed E-state index contributed by atoms with van der Waals surface area (Å²) in [4.78, 5) is 15.1. The maximum Gasteiger partial charge on any atom is 0.224 e. The molecule has 0 saturated carbocycles. The van der Waals surface area contributed by atoms with Gasteiger partial charge in [-0.3, -0.25) is 9.69 Å². The predicted molar refractivity (Wildman–Crippen MR) is 102 cm³/mol. The summed E-state index contributed by atoms with van der Waals surface area (Å²) < 4.78 is 5.47. The number of hydrogen-bond acceptors (Lipinski definition) is 8. The van der Waals surface area contributed by atoms with Crippen molar-refractivity contribution in [2.45, 2.75) is 50.6 Å². The van der Waals surface area contributed by atoms with Gasteiger partial charge in [0.05, 0.1) is 5.92 Å². The number of amides is 1. The molecular formula is C17H30N6O2S. The Kier molecular flexibility index (Phi) is 7.18. The highest BCUT2D eigenvalue weighted by Gasteiger charge is 2.31. The van der Waals surface area contributed by atoms with Crippen LogP contribution in [-0.4, -0.2) is 65.9 Å². The zero-order valence-corrected chi connectivity index (χ0v) is 16.0. The first-order valence-electron chi connectivity index (χ1n) is 9.54. The van der Waals surface area contributed by atoms with Gasteiger partial charge in [0.1, 0.15) is 5.01 Å². The SMILES string of the molecule is Nc1nnc(CCCNC(=O)[C@@H]2CC[C@H](N)CN(C3CCOCC3)C2)s1. The number of nitrogens with one attached hydrogen (secondary N) is 1. The lowest BCUT2D eigenvalue weighted by Gasteiger charge is -2.35. The number of carbonyl (C=O) groups is 1. The van der Waals surface area contributed by atoms with E-state index in [0.29, 0.717) is 17.7 Å². The van der Waals surface area contributed by atoms with Crippen LogP contribution in [0.25, 0.3) is 0 Å². The number of nitrogen functional groups attached to an aromatic ring is 1. The normalized spacial score (nSPS) is 25.7. The van der Waals surface area contributed by atoms with Gasteiger partial charge in [-0.15, -0.1) is 10.2 Å². The van der Waals surface area contributed by atoms with Crippen LogP contribution in [0, 0.1) is 5.92 Å². The van der Waals surface area contributed by atoms with Crippen LogP contribution < -0.4 is 16.8 Å². The molecule has 3 rings (SSSR count). The summed E-state index contributed by atoms with van der Waals surface area (Å²) in [5, 5.41) is 12.3. The van der Waals surface area contributed by atoms with E-state index in [1.165, 1.54) is 11.3 Å². The lowest BCUT2D eigenvalue weighted by Crippen LogP contribution is -2.47. The predicted octanol–water partition coefficient (Wildman–Crippen LogP) is 0.387. The zero-order chi connectivity index (χ0) is 18.4. The standard InChI is InChI=1S/C17H30N6O2S/c18-13-4-3-12(10-23(11-13)14-5-8-25-9-6-14)16(24)20-7-1-2-15-21-22-17(19)26-15/h12-14H,1-11,18H2,(H2,19,22)(H,20,24)/t12-,13+/m1/s1. The van der Waals surface area contributed by atoms with Crippen LogP contribution in [-0.2, 0) is 16.0 Å². The Bertz CT molecular complexity index is 577. The van der Waals surface area contributed by atoms with Crippen LogP contribution in [0.1, 0.15) is 37.1 Å². The summed E-state index contributed by atoms with van der Waals surface area (Å²) in [7, 11) is 0. The molecule has 1 aromatic rings. The summed E-state index contributed by atoms with van der Waals surface area (Å²) in [5.41, 5.74) is 11.8. The third-order valence-corrected chi connectivity index (χ3v) is 6.05. The molecular weight excluding hydrogens is 352 g/mol. The minimum absolute atomic E-state index is 0.0172. The van der Waals surface area contributed by atoms with Crippen molar-refractivity contribution in [1.82, 2.24) is 20.4 Å². The van der Waals surface area contributed by atoms with Gasteiger partial charge >= 0.3 is 0 Å². The largest absolute Gasteiger partial charge is 0.381 e. The molecule has 2 aliphatic heterocycles. The van der Waals surface area contributed by atoms with E-state index < -0.39 is 0 Å². The van der Waals surface area contributed by atoms with Crippen LogP contribution >= 0.6 is 11.3 Å². The number of aryl methyl sites for hydroxylation is 1. The third kappa shape index (κ3) is 5.60. The number of ether oxygens (including phenoxy) is 1. The average molecular weight is 383 g/mol. The van der Waals surface area contributed by atoms with Gasteiger partial charge in [0.2, 0.25) is 11.0 Å². The maximum absolute atomic E-state index is 12.7. The van der Waals surface area contributed by atoms with E-state index in [0.717, 1.165) is 69.8 Å². The molecule has 0 radical (unpaired) electrons. The molecule has 0 bridgehead atoms. The maximum atomic E-state index is 12.7. The molecule has 2 saturated heterocycles. The number of rotatable bonds is 6. The molecule has 8 nitrogen and oxygen atoms in total. The second kappa shape index (κ2) is 9.59. The summed E-state index contributed by atoms with van der Waals surface area (Å²) in [6, 6.07) is 0.643. The number of likely N-dealkylation sites (tertiary alicyclic amines) is 1. The Balaban J connectivity index is 1.45. The molecule has 9 heteroatoms. The van der Waals surface area contributed by atoms with Crippen LogP contribution in [0.2, 0.25) is 0 Å². The second-order valence-electron chi connectivity index (χ2n) is 7.26. The highest BCUT2D eigenvalue weighted by Crippen LogP contribution is 2.22. The van der Waals surface area contributed by atoms with Crippen LogP contribution in [0.5, 0.6) is 0 Å². The molecule has 146 valence electrons. The van der Waals surface area contributed by atoms with E-state index >= 15 is 0 Å². The van der Waals surface area contributed by atoms with E-state index in [-0.39, 0.29) is 17.9 Å². The first-order valence-corrected chi connectivity index (χ1v) is 10.4.